The topological polar surface area (TPSA) is 145 Å². The fourth-order valence-corrected chi connectivity index (χ4v) is 6.97. The van der Waals surface area contributed by atoms with Gasteiger partial charge in [-0.3, -0.25) is 19.1 Å². The van der Waals surface area contributed by atoms with Crippen molar-refractivity contribution in [1.29, 1.82) is 0 Å². The first-order valence-electron chi connectivity index (χ1n) is 14.0. The first kappa shape index (κ1) is 28.5. The molecule has 3 amide bonds. The first-order chi connectivity index (χ1) is 18.9. The molecule has 0 radical (unpaired) electrons. The fraction of sp³-hybridized carbons (Fsp3) is 0.607. The van der Waals surface area contributed by atoms with Crippen LogP contribution in [-0.2, 0) is 24.4 Å². The van der Waals surface area contributed by atoms with Gasteiger partial charge in [0.05, 0.1) is 10.9 Å². The van der Waals surface area contributed by atoms with E-state index in [4.69, 9.17) is 0 Å². The minimum atomic E-state index is -3.92. The van der Waals surface area contributed by atoms with E-state index in [9.17, 15) is 32.3 Å². The molecule has 0 bridgehead atoms. The number of sulfonamides is 1. The van der Waals surface area contributed by atoms with Gasteiger partial charge in [0.1, 0.15) is 23.4 Å². The summed E-state index contributed by atoms with van der Waals surface area (Å²) in [6, 6.07) is 4.00. The van der Waals surface area contributed by atoms with E-state index in [1.54, 1.807) is 13.0 Å². The predicted octanol–water partition coefficient (Wildman–Crippen LogP) is 1.96. The molecule has 218 valence electrons. The molecule has 12 heteroatoms. The second kappa shape index (κ2) is 10.8. The van der Waals surface area contributed by atoms with Crippen LogP contribution in [0.1, 0.15) is 64.7 Å². The van der Waals surface area contributed by atoms with Gasteiger partial charge in [0.2, 0.25) is 21.8 Å². The third-order valence-electron chi connectivity index (χ3n) is 8.66. The normalized spacial score (nSPS) is 32.9. The van der Waals surface area contributed by atoms with Gasteiger partial charge < -0.3 is 20.6 Å². The Morgan fingerprint density at radius 2 is 1.98 bits per heavy atom. The Morgan fingerprint density at radius 3 is 2.70 bits per heavy atom. The molecule has 0 spiro atoms. The standard InChI is InChI=1S/C28H37FN4O6S/c1-27(12-13-27)40(38,39)32-26(37)28-16-18(28)8-5-3-2-4-6-11-22(30-20-10-7-9-19(29)14-20)25(36)33-17-21(34)15-23(33)24(35)31-28/h5,7-10,14,18,21-23,30,34H,2-4,6,11-13,15-17H2,1H3,(H,31,35)(H,32,37)/b8-5-/t18-,21-,22+,23+,28-/m1/s1. The molecule has 10 nitrogen and oxygen atoms in total. The molecular formula is C28H37FN4O6S. The number of carbonyl (C=O) groups is 3. The molecule has 1 aromatic rings. The van der Waals surface area contributed by atoms with E-state index in [1.165, 1.54) is 23.1 Å². The van der Waals surface area contributed by atoms with Gasteiger partial charge in [-0.15, -0.1) is 0 Å². The number of allylic oxidation sites excluding steroid dienone is 1. The van der Waals surface area contributed by atoms with Crippen molar-refractivity contribution in [3.8, 4) is 0 Å². The van der Waals surface area contributed by atoms with E-state index in [-0.39, 0.29) is 25.3 Å². The van der Waals surface area contributed by atoms with Gasteiger partial charge in [0.15, 0.2) is 0 Å². The largest absolute Gasteiger partial charge is 0.391 e. The van der Waals surface area contributed by atoms with Gasteiger partial charge in [0.25, 0.3) is 5.91 Å². The molecule has 0 unspecified atom stereocenters. The SMILES string of the molecule is CC1(S(=O)(=O)NC(=O)[C@@]23C[C@H]2/C=C\CCCCC[C@H](Nc2cccc(F)c2)C(=O)N2C[C@H](O)C[C@H]2C(=O)N3)CC1. The highest BCUT2D eigenvalue weighted by Crippen LogP contribution is 2.47. The van der Waals surface area contributed by atoms with E-state index in [1.807, 2.05) is 12.2 Å². The Balaban J connectivity index is 1.40. The molecular weight excluding hydrogens is 539 g/mol. The zero-order valence-electron chi connectivity index (χ0n) is 22.6. The zero-order valence-corrected chi connectivity index (χ0v) is 23.4. The predicted molar refractivity (Wildman–Crippen MR) is 146 cm³/mol. The number of anilines is 1. The molecule has 1 aromatic carbocycles. The van der Waals surface area contributed by atoms with E-state index >= 15 is 0 Å². The van der Waals surface area contributed by atoms with Crippen molar-refractivity contribution < 1.29 is 32.3 Å². The van der Waals surface area contributed by atoms with Crippen molar-refractivity contribution in [2.75, 3.05) is 11.9 Å². The molecule has 4 N–H and O–H groups in total. The number of aliphatic hydroxyl groups excluding tert-OH is 1. The van der Waals surface area contributed by atoms with Crippen LogP contribution in [0.15, 0.2) is 36.4 Å². The van der Waals surface area contributed by atoms with Crippen LogP contribution in [0.3, 0.4) is 0 Å². The molecule has 2 saturated carbocycles. The highest BCUT2D eigenvalue weighted by atomic mass is 32.2. The van der Waals surface area contributed by atoms with E-state index < -0.39 is 62.0 Å². The summed E-state index contributed by atoms with van der Waals surface area (Å²) < 4.78 is 40.7. The van der Waals surface area contributed by atoms with Crippen molar-refractivity contribution in [2.24, 2.45) is 5.92 Å². The molecule has 2 aliphatic heterocycles. The average Bonchev–Trinajstić information content (AvgIpc) is 3.77. The van der Waals surface area contributed by atoms with Crippen LogP contribution >= 0.6 is 0 Å². The molecule has 0 aromatic heterocycles. The second-order valence-corrected chi connectivity index (χ2v) is 14.0. The maximum atomic E-state index is 13.8. The molecule has 1 saturated heterocycles. The lowest BCUT2D eigenvalue weighted by Gasteiger charge is -2.30. The van der Waals surface area contributed by atoms with Gasteiger partial charge in [-0.2, -0.15) is 0 Å². The number of fused-ring (bicyclic) bond motifs is 2. The summed E-state index contributed by atoms with van der Waals surface area (Å²) in [4.78, 5) is 42.1. The van der Waals surface area contributed by atoms with E-state index in [2.05, 4.69) is 15.4 Å². The Hall–Kier alpha value is -2.99. The Labute approximate surface area is 233 Å². The molecule has 2 heterocycles. The van der Waals surface area contributed by atoms with Gasteiger partial charge in [-0.05, 0) is 63.6 Å². The highest BCUT2D eigenvalue weighted by molar-refractivity contribution is 7.91. The summed E-state index contributed by atoms with van der Waals surface area (Å²) in [5, 5.41) is 16.3. The van der Waals surface area contributed by atoms with Crippen LogP contribution in [0.5, 0.6) is 0 Å². The number of hydrogen-bond acceptors (Lipinski definition) is 7. The van der Waals surface area contributed by atoms with Crippen LogP contribution < -0.4 is 15.4 Å². The summed E-state index contributed by atoms with van der Waals surface area (Å²) >= 11 is 0. The van der Waals surface area contributed by atoms with Crippen molar-refractivity contribution in [2.45, 2.75) is 93.2 Å². The van der Waals surface area contributed by atoms with Crippen molar-refractivity contribution in [3.05, 3.63) is 42.2 Å². The van der Waals surface area contributed by atoms with Gasteiger partial charge in [-0.1, -0.05) is 31.1 Å². The van der Waals surface area contributed by atoms with Crippen LogP contribution in [0.2, 0.25) is 0 Å². The first-order valence-corrected chi connectivity index (χ1v) is 15.5. The third-order valence-corrected chi connectivity index (χ3v) is 10.8. The summed E-state index contributed by atoms with van der Waals surface area (Å²) in [6.45, 7) is 1.52. The number of hydrogen-bond donors (Lipinski definition) is 4. The Kier molecular flexibility index (Phi) is 7.68. The fourth-order valence-electron chi connectivity index (χ4n) is 5.66. The monoisotopic (exact) mass is 576 g/mol. The van der Waals surface area contributed by atoms with E-state index in [0.29, 0.717) is 31.4 Å². The van der Waals surface area contributed by atoms with Crippen molar-refractivity contribution >= 4 is 33.4 Å². The molecule has 40 heavy (non-hydrogen) atoms. The lowest BCUT2D eigenvalue weighted by atomic mass is 10.0. The second-order valence-electron chi connectivity index (χ2n) is 11.8. The van der Waals surface area contributed by atoms with Crippen LogP contribution in [0.4, 0.5) is 10.1 Å². The molecule has 4 aliphatic rings. The van der Waals surface area contributed by atoms with E-state index in [0.717, 1.165) is 19.3 Å². The summed E-state index contributed by atoms with van der Waals surface area (Å²) in [5.41, 5.74) is -1.02. The minimum Gasteiger partial charge on any atom is -0.391 e. The Bertz CT molecular complexity index is 1320. The third kappa shape index (κ3) is 5.74. The smallest absolute Gasteiger partial charge is 0.259 e. The lowest BCUT2D eigenvalue weighted by molar-refractivity contribution is -0.140. The number of carbonyl (C=O) groups excluding carboxylic acids is 3. The Morgan fingerprint density at radius 1 is 1.20 bits per heavy atom. The average molecular weight is 577 g/mol. The quantitative estimate of drug-likeness (QED) is 0.392. The van der Waals surface area contributed by atoms with Crippen LogP contribution in [0.25, 0.3) is 0 Å². The number of rotatable bonds is 5. The van der Waals surface area contributed by atoms with Crippen molar-refractivity contribution in [3.63, 3.8) is 0 Å². The van der Waals surface area contributed by atoms with Crippen molar-refractivity contribution in [1.82, 2.24) is 14.9 Å². The zero-order chi connectivity index (χ0) is 28.7. The van der Waals surface area contributed by atoms with Gasteiger partial charge in [0, 0.05) is 24.6 Å². The maximum absolute atomic E-state index is 13.8. The molecule has 3 fully saturated rings. The maximum Gasteiger partial charge on any atom is 0.259 e. The summed E-state index contributed by atoms with van der Waals surface area (Å²) in [6.07, 6.45) is 7.56. The summed E-state index contributed by atoms with van der Waals surface area (Å²) in [5.74, 6) is -2.64. The number of halogens is 1. The number of aliphatic hydroxyl groups is 1. The minimum absolute atomic E-state index is 0.0150. The van der Waals surface area contributed by atoms with Crippen LogP contribution in [-0.4, -0.2) is 71.2 Å². The number of nitrogens with one attached hydrogen (secondary N) is 3. The molecule has 5 rings (SSSR count). The lowest BCUT2D eigenvalue weighted by Crippen LogP contribution is -2.58. The van der Waals surface area contributed by atoms with Gasteiger partial charge >= 0.3 is 0 Å². The van der Waals surface area contributed by atoms with Gasteiger partial charge in [-0.25, -0.2) is 12.8 Å². The highest BCUT2D eigenvalue weighted by Gasteiger charge is 2.63. The van der Waals surface area contributed by atoms with Crippen LogP contribution in [0, 0.1) is 11.7 Å². The molecule has 5 atom stereocenters. The molecule has 2 aliphatic carbocycles. The number of benzene rings is 1. The number of nitrogens with zero attached hydrogens (tertiary/aromatic N) is 1. The summed E-state index contributed by atoms with van der Waals surface area (Å²) in [7, 11) is -3.92. The number of amides is 3.